The van der Waals surface area contributed by atoms with E-state index in [-0.39, 0.29) is 6.67 Å². The van der Waals surface area contributed by atoms with E-state index in [1.807, 2.05) is 0 Å². The smallest absolute Gasteiger partial charge is 0.0403 e. The topological polar surface area (TPSA) is 52.0 Å². The van der Waals surface area contributed by atoms with Gasteiger partial charge < -0.3 is 11.5 Å². The summed E-state index contributed by atoms with van der Waals surface area (Å²) >= 11 is 0. The molecule has 0 aliphatic heterocycles. The van der Waals surface area contributed by atoms with Crippen LogP contribution in [0.25, 0.3) is 0 Å². The number of hydrogen-bond donors (Lipinski definition) is 2. The lowest BCUT2D eigenvalue weighted by Gasteiger charge is -1.95. The molecule has 0 atom stereocenters. The van der Waals surface area contributed by atoms with Crippen LogP contribution in [-0.4, -0.2) is 6.67 Å². The summed E-state index contributed by atoms with van der Waals surface area (Å²) in [6.45, 7) is 6.98. The Bertz CT molecular complexity index is 35.9. The van der Waals surface area contributed by atoms with Gasteiger partial charge in [0.2, 0.25) is 0 Å². The average molecular weight is 132 g/mol. The summed E-state index contributed by atoms with van der Waals surface area (Å²) < 4.78 is 0. The first-order valence-electron chi connectivity index (χ1n) is 3.59. The third-order valence-electron chi connectivity index (χ3n) is 0.866. The molecule has 0 aromatic heterocycles. The summed E-state index contributed by atoms with van der Waals surface area (Å²) in [5.41, 5.74) is 9.25. The van der Waals surface area contributed by atoms with Crippen molar-refractivity contribution in [1.29, 1.82) is 0 Å². The number of nitrogens with two attached hydrogens (primary N) is 2. The Morgan fingerprint density at radius 2 is 1.56 bits per heavy atom. The van der Waals surface area contributed by atoms with Crippen molar-refractivity contribution in [3.63, 3.8) is 0 Å². The van der Waals surface area contributed by atoms with Gasteiger partial charge in [0.15, 0.2) is 0 Å². The number of hydrogen-bond acceptors (Lipinski definition) is 2. The second kappa shape index (κ2) is 10.8. The normalized spacial score (nSPS) is 8.67. The Kier molecular flexibility index (Phi) is 14.0. The first-order chi connectivity index (χ1) is 4.18. The van der Waals surface area contributed by atoms with E-state index in [1.165, 1.54) is 12.8 Å². The van der Waals surface area contributed by atoms with E-state index in [2.05, 4.69) is 32.2 Å². The van der Waals surface area contributed by atoms with Crippen LogP contribution in [0.4, 0.5) is 0 Å². The summed E-state index contributed by atoms with van der Waals surface area (Å²) in [5.74, 6) is 0.898. The second-order valence-corrected chi connectivity index (χ2v) is 2.42. The van der Waals surface area contributed by atoms with Gasteiger partial charge in [-0.3, -0.25) is 0 Å². The zero-order valence-electron chi connectivity index (χ0n) is 6.85. The zero-order valence-corrected chi connectivity index (χ0v) is 6.85. The molecular weight excluding hydrogens is 112 g/mol. The minimum Gasteiger partial charge on any atom is -0.319 e. The molecule has 0 spiro atoms. The first kappa shape index (κ1) is 11.7. The van der Waals surface area contributed by atoms with Gasteiger partial charge >= 0.3 is 0 Å². The van der Waals surface area contributed by atoms with Crippen molar-refractivity contribution < 1.29 is 0 Å². The van der Waals surface area contributed by atoms with Crippen LogP contribution in [-0.2, 0) is 0 Å². The molecule has 0 aliphatic rings. The van der Waals surface area contributed by atoms with Crippen molar-refractivity contribution in [2.45, 2.75) is 33.6 Å². The summed E-state index contributed by atoms with van der Waals surface area (Å²) in [5, 5.41) is 0. The van der Waals surface area contributed by atoms with Crippen LogP contribution in [0.1, 0.15) is 33.6 Å². The molecule has 2 nitrogen and oxygen atoms in total. The molecule has 58 valence electrons. The fourth-order valence-corrected chi connectivity index (χ4v) is 0.577. The molecule has 0 amide bonds. The van der Waals surface area contributed by atoms with Crippen LogP contribution in [0, 0.1) is 5.92 Å². The first-order valence-corrected chi connectivity index (χ1v) is 3.59. The second-order valence-electron chi connectivity index (χ2n) is 2.42. The van der Waals surface area contributed by atoms with Crippen molar-refractivity contribution in [1.82, 2.24) is 0 Å². The van der Waals surface area contributed by atoms with Gasteiger partial charge in [-0.1, -0.05) is 33.6 Å². The predicted octanol–water partition coefficient (Wildman–Crippen LogP) is 1.30. The van der Waals surface area contributed by atoms with Crippen LogP contribution < -0.4 is 11.5 Å². The molecule has 4 N–H and O–H groups in total. The quantitative estimate of drug-likeness (QED) is 0.556. The van der Waals surface area contributed by atoms with Crippen molar-refractivity contribution in [3.8, 4) is 0 Å². The minimum atomic E-state index is 0.250. The van der Waals surface area contributed by atoms with Gasteiger partial charge in [0.05, 0.1) is 0 Å². The average Bonchev–Trinajstić information content (AvgIpc) is 1.67. The molecule has 0 aromatic rings. The highest BCUT2D eigenvalue weighted by Crippen LogP contribution is 2.00. The monoisotopic (exact) mass is 132 g/mol. The molecule has 0 radical (unpaired) electrons. The lowest BCUT2D eigenvalue weighted by molar-refractivity contribution is 0.576. The summed E-state index contributed by atoms with van der Waals surface area (Å²) in [7, 11) is 0. The molecule has 2 heteroatoms. The molecule has 0 unspecified atom stereocenters. The predicted molar refractivity (Wildman–Crippen MR) is 43.0 cm³/mol. The maximum Gasteiger partial charge on any atom is 0.0403 e. The maximum atomic E-state index is 4.62. The summed E-state index contributed by atoms with van der Waals surface area (Å²) in [6, 6.07) is 0. The fourth-order valence-electron chi connectivity index (χ4n) is 0.577. The van der Waals surface area contributed by atoms with Gasteiger partial charge in [-0.05, 0) is 5.92 Å². The van der Waals surface area contributed by atoms with Gasteiger partial charge in [-0.15, -0.1) is 0 Å². The third-order valence-corrected chi connectivity index (χ3v) is 0.866. The third kappa shape index (κ3) is 32.6. The Morgan fingerprint density at radius 3 is 1.56 bits per heavy atom. The number of rotatable bonds is 2. The Hall–Kier alpha value is -0.0800. The Balaban J connectivity index is 0. The molecule has 0 rings (SSSR count). The van der Waals surface area contributed by atoms with E-state index in [0.717, 1.165) is 5.92 Å². The van der Waals surface area contributed by atoms with Gasteiger partial charge in [0, 0.05) is 6.67 Å². The molecule has 0 aromatic carbocycles. The van der Waals surface area contributed by atoms with Gasteiger partial charge in [0.25, 0.3) is 0 Å². The van der Waals surface area contributed by atoms with Crippen LogP contribution in [0.3, 0.4) is 0 Å². The SMILES string of the molecule is CCCC(C)C.NCN. The standard InChI is InChI=1S/C6H14.CH6N2/c1-4-5-6(2)3;2-1-3/h6H,4-5H2,1-3H3;1-3H2. The van der Waals surface area contributed by atoms with Crippen LogP contribution >= 0.6 is 0 Å². The maximum absolute atomic E-state index is 4.62. The molecule has 0 saturated heterocycles. The molecule has 0 heterocycles. The summed E-state index contributed by atoms with van der Waals surface area (Å²) in [6.07, 6.45) is 2.71. The van der Waals surface area contributed by atoms with Gasteiger partial charge in [0.1, 0.15) is 0 Å². The van der Waals surface area contributed by atoms with E-state index < -0.39 is 0 Å². The van der Waals surface area contributed by atoms with E-state index >= 15 is 0 Å². The highest BCUT2D eigenvalue weighted by molar-refractivity contribution is 4.38. The van der Waals surface area contributed by atoms with Crippen molar-refractivity contribution in [3.05, 3.63) is 0 Å². The van der Waals surface area contributed by atoms with Crippen molar-refractivity contribution in [2.24, 2.45) is 17.4 Å². The molecule has 0 fully saturated rings. The largest absolute Gasteiger partial charge is 0.319 e. The van der Waals surface area contributed by atoms with E-state index in [9.17, 15) is 0 Å². The van der Waals surface area contributed by atoms with Gasteiger partial charge in [-0.2, -0.15) is 0 Å². The molecule has 9 heavy (non-hydrogen) atoms. The Morgan fingerprint density at radius 1 is 1.22 bits per heavy atom. The molecule has 0 saturated carbocycles. The molecule has 0 aliphatic carbocycles. The minimum absolute atomic E-state index is 0.250. The van der Waals surface area contributed by atoms with E-state index in [4.69, 9.17) is 0 Å². The van der Waals surface area contributed by atoms with Crippen LogP contribution in [0.5, 0.6) is 0 Å². The molecular formula is C7H20N2. The van der Waals surface area contributed by atoms with Crippen LogP contribution in [0.2, 0.25) is 0 Å². The van der Waals surface area contributed by atoms with Gasteiger partial charge in [-0.25, -0.2) is 0 Å². The highest BCUT2D eigenvalue weighted by atomic mass is 14.7. The van der Waals surface area contributed by atoms with Crippen LogP contribution in [0.15, 0.2) is 0 Å². The lowest BCUT2D eigenvalue weighted by Crippen LogP contribution is -2.08. The lowest BCUT2D eigenvalue weighted by atomic mass is 10.1. The van der Waals surface area contributed by atoms with Crippen molar-refractivity contribution in [2.75, 3.05) is 6.67 Å². The van der Waals surface area contributed by atoms with E-state index in [0.29, 0.717) is 0 Å². The Labute approximate surface area is 58.6 Å². The fraction of sp³-hybridized carbons (Fsp3) is 1.00. The van der Waals surface area contributed by atoms with Crippen molar-refractivity contribution >= 4 is 0 Å². The van der Waals surface area contributed by atoms with E-state index in [1.54, 1.807) is 0 Å². The molecule has 0 bridgehead atoms. The zero-order chi connectivity index (χ0) is 7.70. The summed E-state index contributed by atoms with van der Waals surface area (Å²) in [4.78, 5) is 0. The highest BCUT2D eigenvalue weighted by Gasteiger charge is 1.85.